The van der Waals surface area contributed by atoms with Crippen molar-refractivity contribution in [3.8, 4) is 5.75 Å². The first-order valence-corrected chi connectivity index (χ1v) is 6.06. The Labute approximate surface area is 97.8 Å². The van der Waals surface area contributed by atoms with Gasteiger partial charge in [-0.1, -0.05) is 26.0 Å². The molecule has 2 unspecified atom stereocenters. The maximum absolute atomic E-state index is 6.25. The first-order chi connectivity index (χ1) is 7.65. The average Bonchev–Trinajstić information content (AvgIpc) is 2.27. The van der Waals surface area contributed by atoms with Gasteiger partial charge in [0, 0.05) is 12.0 Å². The Hall–Kier alpha value is -1.02. The van der Waals surface area contributed by atoms with Gasteiger partial charge < -0.3 is 10.5 Å². The number of methoxy groups -OCH3 is 1. The van der Waals surface area contributed by atoms with Crippen LogP contribution in [0.15, 0.2) is 18.2 Å². The Bertz CT molecular complexity index is 373. The van der Waals surface area contributed by atoms with E-state index < -0.39 is 0 Å². The van der Waals surface area contributed by atoms with Gasteiger partial charge in [-0.3, -0.25) is 0 Å². The van der Waals surface area contributed by atoms with Gasteiger partial charge >= 0.3 is 0 Å². The van der Waals surface area contributed by atoms with Crippen LogP contribution < -0.4 is 10.5 Å². The van der Waals surface area contributed by atoms with Gasteiger partial charge in [-0.05, 0) is 36.0 Å². The maximum Gasteiger partial charge on any atom is 0.122 e. The zero-order chi connectivity index (χ0) is 11.7. The minimum Gasteiger partial charge on any atom is -0.496 e. The van der Waals surface area contributed by atoms with Gasteiger partial charge in [0.1, 0.15) is 5.75 Å². The Balaban J connectivity index is 2.48. The molecule has 2 rings (SSSR count). The van der Waals surface area contributed by atoms with Crippen molar-refractivity contribution in [1.29, 1.82) is 0 Å². The predicted octanol–water partition coefficient (Wildman–Crippen LogP) is 2.71. The molecule has 0 bridgehead atoms. The molecule has 1 aromatic rings. The summed E-state index contributed by atoms with van der Waals surface area (Å²) in [6.45, 7) is 4.50. The van der Waals surface area contributed by atoms with Gasteiger partial charge in [0.25, 0.3) is 0 Å². The van der Waals surface area contributed by atoms with E-state index in [4.69, 9.17) is 10.5 Å². The third-order valence-electron chi connectivity index (χ3n) is 3.66. The summed E-state index contributed by atoms with van der Waals surface area (Å²) in [4.78, 5) is 0. The van der Waals surface area contributed by atoms with Crippen molar-refractivity contribution in [1.82, 2.24) is 0 Å². The van der Waals surface area contributed by atoms with Crippen LogP contribution in [0, 0.1) is 5.92 Å². The molecule has 0 heterocycles. The zero-order valence-corrected chi connectivity index (χ0v) is 10.4. The highest BCUT2D eigenvalue weighted by Gasteiger charge is 2.30. The zero-order valence-electron chi connectivity index (χ0n) is 10.4. The van der Waals surface area contributed by atoms with Crippen LogP contribution in [0.3, 0.4) is 0 Å². The van der Waals surface area contributed by atoms with E-state index in [9.17, 15) is 0 Å². The van der Waals surface area contributed by atoms with Crippen LogP contribution in [0.2, 0.25) is 0 Å². The molecule has 1 aromatic carbocycles. The summed E-state index contributed by atoms with van der Waals surface area (Å²) in [6.07, 6.45) is 2.11. The predicted molar refractivity (Wildman–Crippen MR) is 66.9 cm³/mol. The van der Waals surface area contributed by atoms with Crippen LogP contribution in [0.4, 0.5) is 0 Å². The summed E-state index contributed by atoms with van der Waals surface area (Å²) in [6, 6.07) is 6.62. The summed E-state index contributed by atoms with van der Waals surface area (Å²) in [5.74, 6) is 2.08. The van der Waals surface area contributed by atoms with E-state index in [1.165, 1.54) is 11.1 Å². The highest BCUT2D eigenvalue weighted by Crippen LogP contribution is 2.39. The minimum atomic E-state index is 0.291. The number of hydrogen-bond donors (Lipinski definition) is 1. The summed E-state index contributed by atoms with van der Waals surface area (Å²) in [7, 11) is 1.74. The van der Waals surface area contributed by atoms with Gasteiger partial charge in [-0.15, -0.1) is 0 Å². The van der Waals surface area contributed by atoms with Gasteiger partial charge in [-0.2, -0.15) is 0 Å². The topological polar surface area (TPSA) is 35.2 Å². The van der Waals surface area contributed by atoms with Gasteiger partial charge in [0.2, 0.25) is 0 Å². The van der Waals surface area contributed by atoms with E-state index in [0.29, 0.717) is 17.9 Å². The Morgan fingerprint density at radius 3 is 2.75 bits per heavy atom. The lowest BCUT2D eigenvalue weighted by Crippen LogP contribution is -2.36. The van der Waals surface area contributed by atoms with Crippen LogP contribution in [0.1, 0.15) is 37.3 Å². The average molecular weight is 219 g/mol. The molecule has 2 nitrogen and oxygen atoms in total. The Morgan fingerprint density at radius 2 is 2.12 bits per heavy atom. The summed E-state index contributed by atoms with van der Waals surface area (Å²) >= 11 is 0. The largest absolute Gasteiger partial charge is 0.496 e. The first-order valence-electron chi connectivity index (χ1n) is 6.06. The van der Waals surface area contributed by atoms with E-state index in [2.05, 4.69) is 26.0 Å². The van der Waals surface area contributed by atoms with E-state index in [-0.39, 0.29) is 0 Å². The van der Waals surface area contributed by atoms with Crippen molar-refractivity contribution in [2.24, 2.45) is 11.7 Å². The fraction of sp³-hybridized carbons (Fsp3) is 0.571. The molecule has 0 spiro atoms. The van der Waals surface area contributed by atoms with Crippen LogP contribution in [-0.4, -0.2) is 13.2 Å². The second-order valence-corrected chi connectivity index (χ2v) is 5.00. The monoisotopic (exact) mass is 219 g/mol. The quantitative estimate of drug-likeness (QED) is 0.830. The van der Waals surface area contributed by atoms with Gasteiger partial charge in [-0.25, -0.2) is 0 Å². The highest BCUT2D eigenvalue weighted by molar-refractivity contribution is 5.44. The van der Waals surface area contributed by atoms with E-state index in [1.807, 2.05) is 6.07 Å². The molecule has 0 aliphatic heterocycles. The number of ether oxygens (including phenoxy) is 1. The lowest BCUT2D eigenvalue weighted by molar-refractivity contribution is 0.363. The normalized spacial score (nSPS) is 24.3. The smallest absolute Gasteiger partial charge is 0.122 e. The maximum atomic E-state index is 6.25. The summed E-state index contributed by atoms with van der Waals surface area (Å²) in [5, 5.41) is 0. The lowest BCUT2D eigenvalue weighted by atomic mass is 9.74. The van der Waals surface area contributed by atoms with Crippen LogP contribution in [0.25, 0.3) is 0 Å². The second kappa shape index (κ2) is 4.46. The van der Waals surface area contributed by atoms with Crippen LogP contribution in [-0.2, 0) is 6.42 Å². The van der Waals surface area contributed by atoms with Crippen molar-refractivity contribution in [3.05, 3.63) is 29.3 Å². The molecular weight excluding hydrogens is 198 g/mol. The highest BCUT2D eigenvalue weighted by atomic mass is 16.5. The molecule has 2 N–H and O–H groups in total. The molecule has 0 radical (unpaired) electrons. The molecule has 0 amide bonds. The lowest BCUT2D eigenvalue weighted by Gasteiger charge is -2.34. The van der Waals surface area contributed by atoms with Gasteiger partial charge in [0.05, 0.1) is 7.11 Å². The molecular formula is C14H21NO. The number of hydrogen-bond acceptors (Lipinski definition) is 2. The SMILES string of the molecule is COc1cccc2c1CCC(N)C2C(C)C. The minimum absolute atomic E-state index is 0.291. The second-order valence-electron chi connectivity index (χ2n) is 5.00. The number of fused-ring (bicyclic) bond motifs is 1. The van der Waals surface area contributed by atoms with Crippen molar-refractivity contribution < 1.29 is 4.74 Å². The molecule has 16 heavy (non-hydrogen) atoms. The fourth-order valence-corrected chi connectivity index (χ4v) is 2.93. The third kappa shape index (κ3) is 1.82. The molecule has 2 heteroatoms. The fourth-order valence-electron chi connectivity index (χ4n) is 2.93. The van der Waals surface area contributed by atoms with Crippen molar-refractivity contribution in [3.63, 3.8) is 0 Å². The molecule has 1 aliphatic rings. The number of benzene rings is 1. The molecule has 0 saturated carbocycles. The first kappa shape index (κ1) is 11.5. The van der Waals surface area contributed by atoms with Gasteiger partial charge in [0.15, 0.2) is 0 Å². The Morgan fingerprint density at radius 1 is 1.38 bits per heavy atom. The molecule has 2 atom stereocenters. The number of rotatable bonds is 2. The summed E-state index contributed by atoms with van der Waals surface area (Å²) < 4.78 is 5.44. The van der Waals surface area contributed by atoms with Crippen LogP contribution >= 0.6 is 0 Å². The van der Waals surface area contributed by atoms with E-state index in [1.54, 1.807) is 7.11 Å². The van der Waals surface area contributed by atoms with E-state index in [0.717, 1.165) is 18.6 Å². The molecule has 88 valence electrons. The van der Waals surface area contributed by atoms with Crippen molar-refractivity contribution >= 4 is 0 Å². The molecule has 0 aromatic heterocycles. The summed E-state index contributed by atoms with van der Waals surface area (Å²) in [5.41, 5.74) is 9.01. The molecule has 1 aliphatic carbocycles. The van der Waals surface area contributed by atoms with Crippen molar-refractivity contribution in [2.45, 2.75) is 38.6 Å². The standard InChI is InChI=1S/C14H21NO/c1-9(2)14-11-5-4-6-13(16-3)10(11)7-8-12(14)15/h4-6,9,12,14H,7-8,15H2,1-3H3. The Kier molecular flexibility index (Phi) is 3.20. The molecule has 0 fully saturated rings. The third-order valence-corrected chi connectivity index (χ3v) is 3.66. The van der Waals surface area contributed by atoms with Crippen molar-refractivity contribution in [2.75, 3.05) is 7.11 Å². The molecule has 0 saturated heterocycles. The van der Waals surface area contributed by atoms with Crippen LogP contribution in [0.5, 0.6) is 5.75 Å². The van der Waals surface area contributed by atoms with E-state index >= 15 is 0 Å². The number of nitrogens with two attached hydrogens (primary N) is 1.